The zero-order chi connectivity index (χ0) is 28.1. The molecule has 0 spiro atoms. The second-order valence-corrected chi connectivity index (χ2v) is 12.7. The third-order valence-electron chi connectivity index (χ3n) is 9.42. The minimum absolute atomic E-state index is 1.26. The first-order valence-electron chi connectivity index (χ1n) is 14.8. The largest absolute Gasteiger partial charge is 0.135 e. The quantitative estimate of drug-likeness (QED) is 0.184. The zero-order valence-corrected chi connectivity index (χ0v) is 24.1. The van der Waals surface area contributed by atoms with Gasteiger partial charge in [0.15, 0.2) is 0 Å². The highest BCUT2D eigenvalue weighted by molar-refractivity contribution is 7.26. The Morgan fingerprint density at radius 1 is 0.326 bits per heavy atom. The molecular weight excluding hydrogens is 537 g/mol. The summed E-state index contributed by atoms with van der Waals surface area (Å²) in [7, 11) is 0. The number of rotatable bonds is 2. The molecule has 0 fully saturated rings. The molecule has 1 aromatic heterocycles. The smallest absolute Gasteiger partial charge is 0.0434 e. The summed E-state index contributed by atoms with van der Waals surface area (Å²) in [5, 5.41) is 10.6. The molecule has 8 aromatic carbocycles. The molecule has 0 nitrogen and oxygen atoms in total. The van der Waals surface area contributed by atoms with Gasteiger partial charge in [-0.15, -0.1) is 11.3 Å². The van der Waals surface area contributed by atoms with Crippen LogP contribution < -0.4 is 0 Å². The van der Waals surface area contributed by atoms with Gasteiger partial charge in [-0.2, -0.15) is 0 Å². The summed E-state index contributed by atoms with van der Waals surface area (Å²) in [5.74, 6) is 0. The van der Waals surface area contributed by atoms with Crippen molar-refractivity contribution in [2.45, 2.75) is 0 Å². The average molecular weight is 561 g/mol. The molecule has 0 unspecified atom stereocenters. The molecule has 0 amide bonds. The van der Waals surface area contributed by atoms with E-state index < -0.39 is 0 Å². The highest BCUT2D eigenvalue weighted by atomic mass is 32.1. The molecule has 1 aliphatic rings. The minimum Gasteiger partial charge on any atom is -0.135 e. The van der Waals surface area contributed by atoms with E-state index in [0.717, 1.165) is 0 Å². The van der Waals surface area contributed by atoms with E-state index in [1.165, 1.54) is 97.0 Å². The monoisotopic (exact) mass is 560 g/mol. The molecule has 0 saturated heterocycles. The number of hydrogen-bond donors (Lipinski definition) is 0. The van der Waals surface area contributed by atoms with Crippen LogP contribution in [0.4, 0.5) is 0 Å². The summed E-state index contributed by atoms with van der Waals surface area (Å²) >= 11 is 1.92. The van der Waals surface area contributed by atoms with E-state index in [2.05, 4.69) is 146 Å². The van der Waals surface area contributed by atoms with Crippen molar-refractivity contribution in [1.29, 1.82) is 0 Å². The van der Waals surface area contributed by atoms with E-state index in [4.69, 9.17) is 0 Å². The molecule has 0 saturated carbocycles. The van der Waals surface area contributed by atoms with Crippen LogP contribution in [-0.2, 0) is 0 Å². The lowest BCUT2D eigenvalue weighted by Gasteiger charge is -2.10. The lowest BCUT2D eigenvalue weighted by atomic mass is 9.93. The Kier molecular flexibility index (Phi) is 4.69. The van der Waals surface area contributed by atoms with E-state index in [1.807, 2.05) is 11.3 Å². The van der Waals surface area contributed by atoms with Gasteiger partial charge in [0, 0.05) is 25.7 Å². The summed E-state index contributed by atoms with van der Waals surface area (Å²) in [5.41, 5.74) is 10.5. The molecule has 1 aliphatic carbocycles. The van der Waals surface area contributed by atoms with Crippen LogP contribution in [0.5, 0.6) is 0 Å². The molecule has 1 heterocycles. The van der Waals surface area contributed by atoms with Crippen molar-refractivity contribution in [3.8, 4) is 44.5 Å². The number of fused-ring (bicyclic) bond motifs is 9. The summed E-state index contributed by atoms with van der Waals surface area (Å²) in [6.45, 7) is 0. The van der Waals surface area contributed by atoms with Gasteiger partial charge in [0.1, 0.15) is 0 Å². The van der Waals surface area contributed by atoms with Crippen LogP contribution in [0.2, 0.25) is 0 Å². The SMILES string of the molecule is c1ccc2c(c1)-c1cccc3c(-c4cccc5c4sc4cc(-c6ccc7ccc8ccccc8c7c6)ccc45)ccc-2c13. The Labute approximate surface area is 253 Å². The summed E-state index contributed by atoms with van der Waals surface area (Å²) in [6.07, 6.45) is 0. The first kappa shape index (κ1) is 23.3. The van der Waals surface area contributed by atoms with Gasteiger partial charge < -0.3 is 0 Å². The van der Waals surface area contributed by atoms with E-state index in [1.54, 1.807) is 0 Å². The molecule has 43 heavy (non-hydrogen) atoms. The zero-order valence-electron chi connectivity index (χ0n) is 23.3. The van der Waals surface area contributed by atoms with Crippen LogP contribution in [0.25, 0.3) is 97.0 Å². The highest BCUT2D eigenvalue weighted by Crippen LogP contribution is 2.50. The standard InChI is InChI=1S/C42H24S/c1-2-8-29-25(7-1)15-16-26-17-18-27(23-39(26)29)28-19-20-33-38-14-6-13-37(42(38)43-40(33)24-28)32-21-22-36-31-10-4-3-9-30(31)34-11-5-12-35(32)41(34)36/h1-24H. The van der Waals surface area contributed by atoms with Gasteiger partial charge in [-0.1, -0.05) is 133 Å². The molecule has 0 N–H and O–H groups in total. The van der Waals surface area contributed by atoms with Gasteiger partial charge in [0.05, 0.1) is 0 Å². The lowest BCUT2D eigenvalue weighted by molar-refractivity contribution is 1.69. The van der Waals surface area contributed by atoms with Gasteiger partial charge in [-0.25, -0.2) is 0 Å². The fourth-order valence-corrected chi connectivity index (χ4v) is 8.68. The van der Waals surface area contributed by atoms with Gasteiger partial charge in [-0.05, 0) is 83.4 Å². The van der Waals surface area contributed by atoms with E-state index in [9.17, 15) is 0 Å². The van der Waals surface area contributed by atoms with Crippen molar-refractivity contribution in [3.05, 3.63) is 146 Å². The van der Waals surface area contributed by atoms with Gasteiger partial charge in [-0.3, -0.25) is 0 Å². The van der Waals surface area contributed by atoms with Crippen LogP contribution in [0.3, 0.4) is 0 Å². The molecular formula is C42H24S. The van der Waals surface area contributed by atoms with Crippen molar-refractivity contribution in [2.24, 2.45) is 0 Å². The normalized spacial score (nSPS) is 12.2. The van der Waals surface area contributed by atoms with Crippen LogP contribution in [0.1, 0.15) is 0 Å². The summed E-state index contributed by atoms with van der Waals surface area (Å²) < 4.78 is 2.69. The number of hydrogen-bond acceptors (Lipinski definition) is 1. The molecule has 0 radical (unpaired) electrons. The van der Waals surface area contributed by atoms with E-state index in [0.29, 0.717) is 0 Å². The Morgan fingerprint density at radius 2 is 0.930 bits per heavy atom. The third kappa shape index (κ3) is 3.26. The molecule has 0 bridgehead atoms. The highest BCUT2D eigenvalue weighted by Gasteiger charge is 2.23. The van der Waals surface area contributed by atoms with E-state index >= 15 is 0 Å². The molecule has 10 rings (SSSR count). The van der Waals surface area contributed by atoms with Crippen molar-refractivity contribution < 1.29 is 0 Å². The van der Waals surface area contributed by atoms with Crippen LogP contribution in [-0.4, -0.2) is 0 Å². The minimum atomic E-state index is 1.26. The molecule has 9 aromatic rings. The third-order valence-corrected chi connectivity index (χ3v) is 10.6. The summed E-state index contributed by atoms with van der Waals surface area (Å²) in [6, 6.07) is 54.1. The fraction of sp³-hybridized carbons (Fsp3) is 0. The van der Waals surface area contributed by atoms with Crippen molar-refractivity contribution in [1.82, 2.24) is 0 Å². The van der Waals surface area contributed by atoms with Crippen LogP contribution in [0, 0.1) is 0 Å². The van der Waals surface area contributed by atoms with Crippen molar-refractivity contribution in [3.63, 3.8) is 0 Å². The van der Waals surface area contributed by atoms with Gasteiger partial charge >= 0.3 is 0 Å². The Balaban J connectivity index is 1.16. The summed E-state index contributed by atoms with van der Waals surface area (Å²) in [4.78, 5) is 0. The maximum atomic E-state index is 2.39. The topological polar surface area (TPSA) is 0 Å². The maximum absolute atomic E-state index is 2.39. The van der Waals surface area contributed by atoms with E-state index in [-0.39, 0.29) is 0 Å². The lowest BCUT2D eigenvalue weighted by Crippen LogP contribution is -1.84. The average Bonchev–Trinajstić information content (AvgIpc) is 3.61. The molecule has 0 atom stereocenters. The number of benzene rings is 8. The second-order valence-electron chi connectivity index (χ2n) is 11.7. The predicted molar refractivity (Wildman–Crippen MR) is 187 cm³/mol. The molecule has 0 aliphatic heterocycles. The predicted octanol–water partition coefficient (Wildman–Crippen LogP) is 12.5. The molecule has 198 valence electrons. The maximum Gasteiger partial charge on any atom is 0.0434 e. The van der Waals surface area contributed by atoms with Gasteiger partial charge in [0.25, 0.3) is 0 Å². The Bertz CT molecular complexity index is 2590. The van der Waals surface area contributed by atoms with Crippen molar-refractivity contribution >= 4 is 63.8 Å². The molecule has 1 heteroatoms. The second kappa shape index (κ2) is 8.64. The first-order valence-corrected chi connectivity index (χ1v) is 15.7. The van der Waals surface area contributed by atoms with Crippen LogP contribution >= 0.6 is 11.3 Å². The van der Waals surface area contributed by atoms with Crippen molar-refractivity contribution in [2.75, 3.05) is 0 Å². The Hall–Kier alpha value is -5.24. The number of thiophene rings is 1. The van der Waals surface area contributed by atoms with Gasteiger partial charge in [0.2, 0.25) is 0 Å². The Morgan fingerprint density at radius 3 is 1.81 bits per heavy atom. The fourth-order valence-electron chi connectivity index (χ4n) is 7.41. The first-order chi connectivity index (χ1) is 21.3. The van der Waals surface area contributed by atoms with Crippen LogP contribution in [0.15, 0.2) is 146 Å².